The Morgan fingerprint density at radius 1 is 1.06 bits per heavy atom. The molecule has 2 atom stereocenters. The predicted octanol–water partition coefficient (Wildman–Crippen LogP) is 4.78. The summed E-state index contributed by atoms with van der Waals surface area (Å²) in [5.41, 5.74) is 1.17. The Kier molecular flexibility index (Phi) is 7.72. The zero-order chi connectivity index (χ0) is 25.4. The van der Waals surface area contributed by atoms with Crippen LogP contribution >= 0.6 is 0 Å². The fourth-order valence-electron chi connectivity index (χ4n) is 6.14. The van der Waals surface area contributed by atoms with Gasteiger partial charge in [-0.1, -0.05) is 19.1 Å². The Balaban J connectivity index is 1.40. The third-order valence-electron chi connectivity index (χ3n) is 8.61. The van der Waals surface area contributed by atoms with Gasteiger partial charge < -0.3 is 10.2 Å². The molecule has 0 bridgehead atoms. The minimum Gasteiger partial charge on any atom is -0.328 e. The molecule has 1 aliphatic carbocycles. The van der Waals surface area contributed by atoms with Gasteiger partial charge in [0.2, 0.25) is 0 Å². The summed E-state index contributed by atoms with van der Waals surface area (Å²) in [5, 5.41) is 2.75. The number of halogens is 3. The van der Waals surface area contributed by atoms with Gasteiger partial charge in [-0.3, -0.25) is 9.80 Å². The van der Waals surface area contributed by atoms with Crippen molar-refractivity contribution in [1.82, 2.24) is 20.0 Å². The Labute approximate surface area is 208 Å². The summed E-state index contributed by atoms with van der Waals surface area (Å²) >= 11 is 0. The standard InChI is InChI=1S/C27H41F3N4O/c1-19(2)32-14-16-33(17-15-32)23-6-5-9-27(29,30)24(23)31-25(35)34-12-10-26(4,11-13-34)21-8-7-20(3)18-22(21)28/h7-8,18-19,23-24H,5-6,9-17H2,1-4H3,(H,31,35)/t23-,24+/m0/s1. The van der Waals surface area contributed by atoms with Crippen molar-refractivity contribution in [3.05, 3.63) is 35.1 Å². The lowest BCUT2D eigenvalue weighted by molar-refractivity contribution is -0.0973. The van der Waals surface area contributed by atoms with Crippen molar-refractivity contribution in [2.24, 2.45) is 0 Å². The topological polar surface area (TPSA) is 38.8 Å². The summed E-state index contributed by atoms with van der Waals surface area (Å²) in [6.45, 7) is 12.3. The van der Waals surface area contributed by atoms with Gasteiger partial charge in [0, 0.05) is 57.8 Å². The second kappa shape index (κ2) is 10.3. The summed E-state index contributed by atoms with van der Waals surface area (Å²) in [6, 6.07) is 3.78. The van der Waals surface area contributed by atoms with Gasteiger partial charge in [0.25, 0.3) is 5.92 Å². The van der Waals surface area contributed by atoms with Crippen LogP contribution in [-0.4, -0.2) is 84.0 Å². The first kappa shape index (κ1) is 26.3. The fourth-order valence-corrected chi connectivity index (χ4v) is 6.14. The van der Waals surface area contributed by atoms with E-state index in [4.69, 9.17) is 0 Å². The zero-order valence-corrected chi connectivity index (χ0v) is 21.6. The maximum absolute atomic E-state index is 15.1. The molecule has 2 saturated heterocycles. The highest BCUT2D eigenvalue weighted by Crippen LogP contribution is 2.38. The number of amides is 2. The molecule has 0 spiro atoms. The number of piperidine rings is 1. The molecule has 1 aromatic carbocycles. The number of hydrogen-bond donors (Lipinski definition) is 1. The van der Waals surface area contributed by atoms with E-state index in [1.807, 2.05) is 26.0 Å². The molecule has 8 heteroatoms. The number of piperazine rings is 1. The molecule has 4 rings (SSSR count). The van der Waals surface area contributed by atoms with E-state index in [0.29, 0.717) is 50.4 Å². The van der Waals surface area contributed by atoms with E-state index in [2.05, 4.69) is 29.0 Å². The molecule has 1 saturated carbocycles. The minimum absolute atomic E-state index is 0.189. The van der Waals surface area contributed by atoms with E-state index in [0.717, 1.165) is 31.7 Å². The molecule has 1 aromatic rings. The number of alkyl halides is 2. The molecule has 35 heavy (non-hydrogen) atoms. The van der Waals surface area contributed by atoms with E-state index in [-0.39, 0.29) is 23.7 Å². The van der Waals surface area contributed by atoms with Crippen LogP contribution in [0.1, 0.15) is 64.0 Å². The smallest absolute Gasteiger partial charge is 0.317 e. The number of rotatable bonds is 4. The van der Waals surface area contributed by atoms with Crippen LogP contribution in [0.2, 0.25) is 0 Å². The average molecular weight is 495 g/mol. The highest BCUT2D eigenvalue weighted by atomic mass is 19.3. The first-order valence-corrected chi connectivity index (χ1v) is 13.2. The number of carbonyl (C=O) groups is 1. The van der Waals surface area contributed by atoms with Gasteiger partial charge in [0.1, 0.15) is 11.9 Å². The lowest BCUT2D eigenvalue weighted by Gasteiger charge is -2.48. The molecule has 5 nitrogen and oxygen atoms in total. The number of nitrogens with one attached hydrogen (secondary N) is 1. The van der Waals surface area contributed by atoms with Gasteiger partial charge in [0.05, 0.1) is 0 Å². The SMILES string of the molecule is Cc1ccc(C2(C)CCN(C(=O)N[C@@H]3[C@@H](N4CCN(C(C)C)CC4)CCCC3(F)F)CC2)c(F)c1. The van der Waals surface area contributed by atoms with Gasteiger partial charge in [-0.25, -0.2) is 18.0 Å². The highest BCUT2D eigenvalue weighted by Gasteiger charge is 2.50. The molecular weight excluding hydrogens is 453 g/mol. The predicted molar refractivity (Wildman–Crippen MR) is 132 cm³/mol. The zero-order valence-electron chi connectivity index (χ0n) is 21.6. The molecule has 1 N–H and O–H groups in total. The van der Waals surface area contributed by atoms with Crippen molar-refractivity contribution < 1.29 is 18.0 Å². The number of carbonyl (C=O) groups excluding carboxylic acids is 1. The first-order valence-electron chi connectivity index (χ1n) is 13.2. The molecule has 0 radical (unpaired) electrons. The lowest BCUT2D eigenvalue weighted by atomic mass is 9.74. The van der Waals surface area contributed by atoms with E-state index < -0.39 is 18.0 Å². The van der Waals surface area contributed by atoms with Crippen LogP contribution in [0, 0.1) is 12.7 Å². The van der Waals surface area contributed by atoms with Crippen molar-refractivity contribution in [3.8, 4) is 0 Å². The molecule has 3 fully saturated rings. The Morgan fingerprint density at radius 2 is 1.71 bits per heavy atom. The third-order valence-corrected chi connectivity index (χ3v) is 8.61. The monoisotopic (exact) mass is 494 g/mol. The van der Waals surface area contributed by atoms with Gasteiger partial charge in [-0.15, -0.1) is 0 Å². The lowest BCUT2D eigenvalue weighted by Crippen LogP contribution is -2.66. The second-order valence-corrected chi connectivity index (χ2v) is 11.3. The number of urea groups is 1. The summed E-state index contributed by atoms with van der Waals surface area (Å²) in [6.07, 6.45) is 2.15. The van der Waals surface area contributed by atoms with Crippen LogP contribution in [0.25, 0.3) is 0 Å². The van der Waals surface area contributed by atoms with Crippen LogP contribution in [-0.2, 0) is 5.41 Å². The van der Waals surface area contributed by atoms with Crippen molar-refractivity contribution in [1.29, 1.82) is 0 Å². The Bertz CT molecular complexity index is 892. The molecular formula is C27H41F3N4O. The Hall–Kier alpha value is -1.80. The van der Waals surface area contributed by atoms with E-state index in [1.165, 1.54) is 0 Å². The van der Waals surface area contributed by atoms with Crippen LogP contribution in [0.15, 0.2) is 18.2 Å². The largest absolute Gasteiger partial charge is 0.328 e. The molecule has 3 aliphatic rings. The van der Waals surface area contributed by atoms with Crippen molar-refractivity contribution in [2.75, 3.05) is 39.3 Å². The number of likely N-dealkylation sites (tertiary alicyclic amines) is 1. The third kappa shape index (κ3) is 5.63. The highest BCUT2D eigenvalue weighted by molar-refractivity contribution is 5.75. The van der Waals surface area contributed by atoms with Crippen LogP contribution in [0.3, 0.4) is 0 Å². The summed E-state index contributed by atoms with van der Waals surface area (Å²) in [5.74, 6) is -3.14. The second-order valence-electron chi connectivity index (χ2n) is 11.3. The molecule has 2 heterocycles. The minimum atomic E-state index is -2.93. The van der Waals surface area contributed by atoms with E-state index in [9.17, 15) is 9.18 Å². The maximum atomic E-state index is 15.1. The first-order chi connectivity index (χ1) is 16.5. The van der Waals surface area contributed by atoms with Crippen LogP contribution < -0.4 is 5.32 Å². The van der Waals surface area contributed by atoms with Crippen molar-refractivity contribution in [2.45, 2.75) is 89.3 Å². The molecule has 2 aliphatic heterocycles. The molecule has 2 amide bonds. The summed E-state index contributed by atoms with van der Waals surface area (Å²) in [7, 11) is 0. The fraction of sp³-hybridized carbons (Fsp3) is 0.741. The van der Waals surface area contributed by atoms with Crippen LogP contribution in [0.4, 0.5) is 18.0 Å². The average Bonchev–Trinajstić information content (AvgIpc) is 2.80. The van der Waals surface area contributed by atoms with Gasteiger partial charge in [-0.2, -0.15) is 0 Å². The molecule has 0 aromatic heterocycles. The van der Waals surface area contributed by atoms with E-state index >= 15 is 8.78 Å². The number of aryl methyl sites for hydroxylation is 1. The Morgan fingerprint density at radius 3 is 2.31 bits per heavy atom. The van der Waals surface area contributed by atoms with Gasteiger partial charge >= 0.3 is 6.03 Å². The quantitative estimate of drug-likeness (QED) is 0.655. The van der Waals surface area contributed by atoms with Gasteiger partial charge in [-0.05, 0) is 69.1 Å². The van der Waals surface area contributed by atoms with Crippen molar-refractivity contribution in [3.63, 3.8) is 0 Å². The van der Waals surface area contributed by atoms with E-state index in [1.54, 1.807) is 11.0 Å². The van der Waals surface area contributed by atoms with Gasteiger partial charge in [0.15, 0.2) is 0 Å². The normalized spacial score (nSPS) is 27.7. The molecule has 196 valence electrons. The number of hydrogen-bond acceptors (Lipinski definition) is 3. The number of nitrogens with zero attached hydrogens (tertiary/aromatic N) is 3. The summed E-state index contributed by atoms with van der Waals surface area (Å²) in [4.78, 5) is 19.3. The maximum Gasteiger partial charge on any atom is 0.317 e. The number of benzene rings is 1. The van der Waals surface area contributed by atoms with Crippen LogP contribution in [0.5, 0.6) is 0 Å². The van der Waals surface area contributed by atoms with Crippen molar-refractivity contribution >= 4 is 6.03 Å². The summed E-state index contributed by atoms with van der Waals surface area (Å²) < 4.78 is 44.9. The molecule has 0 unspecified atom stereocenters.